The zero-order valence-electron chi connectivity index (χ0n) is 29.4. The molecule has 0 spiro atoms. The number of nitrogens with two attached hydrogens (primary N) is 1. The highest BCUT2D eigenvalue weighted by atomic mass is 35.5. The molecule has 0 heterocycles. The summed E-state index contributed by atoms with van der Waals surface area (Å²) in [4.78, 5) is 34.6. The third kappa shape index (κ3) is 14.2. The largest absolute Gasteiger partial charge is 0.488 e. The Morgan fingerprint density at radius 2 is 1.08 bits per heavy atom. The van der Waals surface area contributed by atoms with Gasteiger partial charge in [-0.05, 0) is 43.0 Å². The van der Waals surface area contributed by atoms with E-state index in [1.54, 1.807) is 57.2 Å². The molecule has 0 aliphatic carbocycles. The SMILES string of the molecule is CC(C)(C)OC(=O)N[C@@H](Cc1cccc(CO)c1OCc1ccccc1)C(=O)O.Cl.N[C@@H](Cc1cccc(CO)c1OCc1ccccc1)C(=O)O. The summed E-state index contributed by atoms with van der Waals surface area (Å²) in [5.74, 6) is -1.34. The molecule has 4 aromatic rings. The zero-order chi connectivity index (χ0) is 37.4. The number of benzene rings is 4. The zero-order valence-corrected chi connectivity index (χ0v) is 30.2. The average molecular weight is 739 g/mol. The number of halogens is 1. The highest BCUT2D eigenvalue weighted by Gasteiger charge is 2.26. The molecule has 0 fully saturated rings. The Labute approximate surface area is 309 Å². The van der Waals surface area contributed by atoms with Crippen molar-refractivity contribution in [2.75, 3.05) is 0 Å². The lowest BCUT2D eigenvalue weighted by Crippen LogP contribution is -2.44. The lowest BCUT2D eigenvalue weighted by atomic mass is 10.0. The number of hydrogen-bond acceptors (Lipinski definition) is 9. The molecule has 0 bridgehead atoms. The Bertz CT molecular complexity index is 1720. The fourth-order valence-corrected chi connectivity index (χ4v) is 4.87. The number of ether oxygens (including phenoxy) is 3. The number of carbonyl (C=O) groups is 3. The molecule has 4 rings (SSSR count). The number of carbonyl (C=O) groups excluding carboxylic acids is 1. The minimum absolute atomic E-state index is 0. The van der Waals surface area contributed by atoms with Crippen LogP contribution in [-0.4, -0.2) is 56.1 Å². The molecule has 0 saturated carbocycles. The Kier molecular flexibility index (Phi) is 17.6. The molecule has 0 radical (unpaired) electrons. The third-order valence-electron chi connectivity index (χ3n) is 7.32. The summed E-state index contributed by atoms with van der Waals surface area (Å²) in [6.45, 7) is 5.26. The molecule has 12 nitrogen and oxygen atoms in total. The first-order chi connectivity index (χ1) is 24.3. The van der Waals surface area contributed by atoms with Crippen LogP contribution in [0, 0.1) is 0 Å². The second-order valence-corrected chi connectivity index (χ2v) is 12.6. The molecule has 13 heteroatoms. The number of hydrogen-bond donors (Lipinski definition) is 6. The van der Waals surface area contributed by atoms with Crippen LogP contribution < -0.4 is 20.5 Å². The van der Waals surface area contributed by atoms with Crippen LogP contribution in [0.5, 0.6) is 11.5 Å². The lowest BCUT2D eigenvalue weighted by molar-refractivity contribution is -0.140. The van der Waals surface area contributed by atoms with Crippen molar-refractivity contribution >= 4 is 30.4 Å². The monoisotopic (exact) mass is 738 g/mol. The summed E-state index contributed by atoms with van der Waals surface area (Å²) in [6.07, 6.45) is -0.685. The van der Waals surface area contributed by atoms with Crippen molar-refractivity contribution < 1.29 is 49.0 Å². The normalized spacial score (nSPS) is 11.8. The number of nitrogens with one attached hydrogen (secondary N) is 1. The number of carboxylic acids is 2. The summed E-state index contributed by atoms with van der Waals surface area (Å²) in [5, 5.41) is 40.0. The van der Waals surface area contributed by atoms with E-state index >= 15 is 0 Å². The van der Waals surface area contributed by atoms with Crippen LogP contribution in [-0.2, 0) is 53.6 Å². The van der Waals surface area contributed by atoms with Crippen molar-refractivity contribution in [3.63, 3.8) is 0 Å². The van der Waals surface area contributed by atoms with E-state index in [1.807, 2.05) is 60.7 Å². The summed E-state index contributed by atoms with van der Waals surface area (Å²) in [5.41, 5.74) is 9.19. The van der Waals surface area contributed by atoms with Gasteiger partial charge in [0.05, 0.1) is 13.2 Å². The van der Waals surface area contributed by atoms with Crippen LogP contribution in [0.15, 0.2) is 97.1 Å². The molecule has 4 aromatic carbocycles. The average Bonchev–Trinajstić information content (AvgIpc) is 3.10. The van der Waals surface area contributed by atoms with E-state index in [2.05, 4.69) is 5.32 Å². The number of alkyl carbamates (subject to hydrolysis) is 1. The number of aliphatic hydroxyl groups is 2. The number of rotatable bonds is 15. The van der Waals surface area contributed by atoms with Gasteiger partial charge >= 0.3 is 18.0 Å². The van der Waals surface area contributed by atoms with E-state index in [1.165, 1.54) is 0 Å². The minimum Gasteiger partial charge on any atom is -0.488 e. The molecule has 52 heavy (non-hydrogen) atoms. The van der Waals surface area contributed by atoms with Crippen molar-refractivity contribution in [3.8, 4) is 11.5 Å². The topological polar surface area (TPSA) is 198 Å². The predicted molar refractivity (Wildman–Crippen MR) is 197 cm³/mol. The van der Waals surface area contributed by atoms with Crippen LogP contribution in [0.25, 0.3) is 0 Å². The second kappa shape index (κ2) is 21.3. The van der Waals surface area contributed by atoms with Gasteiger partial charge in [-0.1, -0.05) is 97.1 Å². The Morgan fingerprint density at radius 3 is 1.46 bits per heavy atom. The molecule has 0 aliphatic heterocycles. The van der Waals surface area contributed by atoms with Crippen LogP contribution in [0.1, 0.15) is 54.2 Å². The quantitative estimate of drug-likeness (QED) is 0.0912. The standard InChI is InChI=1S/C22H27NO6.C17H19NO4.ClH/c1-22(2,3)29-21(27)23-18(20(25)26)12-16-10-7-11-17(13-24)19(16)28-14-15-8-5-4-6-9-15;18-15(17(20)21)9-13-7-4-8-14(10-19)16(13)22-11-12-5-2-1-3-6-12;/h4-11,18,24H,12-14H2,1-3H3,(H,23,27)(H,25,26);1-8,15,19H,9-11,18H2,(H,20,21);1H/t18-;15-;/m00./s1. The molecule has 0 aliphatic rings. The molecule has 0 aromatic heterocycles. The van der Waals surface area contributed by atoms with Crippen molar-refractivity contribution in [1.82, 2.24) is 5.32 Å². The molecule has 2 atom stereocenters. The Hall–Kier alpha value is -5.14. The lowest BCUT2D eigenvalue weighted by Gasteiger charge is -2.23. The number of aliphatic carboxylic acids is 2. The smallest absolute Gasteiger partial charge is 0.408 e. The number of para-hydroxylation sites is 2. The third-order valence-corrected chi connectivity index (χ3v) is 7.32. The molecular weight excluding hydrogens is 692 g/mol. The van der Waals surface area contributed by atoms with Gasteiger partial charge in [0.25, 0.3) is 0 Å². The summed E-state index contributed by atoms with van der Waals surface area (Å²) >= 11 is 0. The molecular formula is C39H47ClN2O10. The Morgan fingerprint density at radius 1 is 0.654 bits per heavy atom. The molecule has 280 valence electrons. The number of carboxylic acid groups (broad SMARTS) is 2. The van der Waals surface area contributed by atoms with E-state index < -0.39 is 35.7 Å². The maximum absolute atomic E-state index is 12.0. The Balaban J connectivity index is 0.000000366. The van der Waals surface area contributed by atoms with Gasteiger partial charge in [0.2, 0.25) is 0 Å². The maximum Gasteiger partial charge on any atom is 0.408 e. The van der Waals surface area contributed by atoms with Gasteiger partial charge in [-0.25, -0.2) is 9.59 Å². The second-order valence-electron chi connectivity index (χ2n) is 12.6. The van der Waals surface area contributed by atoms with Crippen molar-refractivity contribution in [2.24, 2.45) is 5.73 Å². The van der Waals surface area contributed by atoms with E-state index in [9.17, 15) is 29.7 Å². The van der Waals surface area contributed by atoms with Crippen LogP contribution in [0.3, 0.4) is 0 Å². The van der Waals surface area contributed by atoms with Gasteiger partial charge in [0.1, 0.15) is 42.4 Å². The van der Waals surface area contributed by atoms with E-state index in [4.69, 9.17) is 25.1 Å². The molecule has 1 amide bonds. The summed E-state index contributed by atoms with van der Waals surface area (Å²) in [7, 11) is 0. The van der Waals surface area contributed by atoms with Gasteiger partial charge in [-0.15, -0.1) is 12.4 Å². The van der Waals surface area contributed by atoms with Crippen molar-refractivity contribution in [3.05, 3.63) is 130 Å². The fourth-order valence-electron chi connectivity index (χ4n) is 4.87. The predicted octanol–water partition coefficient (Wildman–Crippen LogP) is 5.41. The van der Waals surface area contributed by atoms with Gasteiger partial charge in [0, 0.05) is 24.0 Å². The van der Waals surface area contributed by atoms with E-state index in [0.717, 1.165) is 11.1 Å². The van der Waals surface area contributed by atoms with Gasteiger partial charge in [-0.3, -0.25) is 4.79 Å². The van der Waals surface area contributed by atoms with Crippen LogP contribution >= 0.6 is 12.4 Å². The van der Waals surface area contributed by atoms with Crippen LogP contribution in [0.4, 0.5) is 4.79 Å². The van der Waals surface area contributed by atoms with Crippen LogP contribution in [0.2, 0.25) is 0 Å². The van der Waals surface area contributed by atoms with Crippen molar-refractivity contribution in [2.45, 2.75) is 77.7 Å². The van der Waals surface area contributed by atoms with Gasteiger partial charge in [0.15, 0.2) is 0 Å². The van der Waals surface area contributed by atoms with E-state index in [-0.39, 0.29) is 45.1 Å². The summed E-state index contributed by atoms with van der Waals surface area (Å²) < 4.78 is 16.9. The summed E-state index contributed by atoms with van der Waals surface area (Å²) in [6, 6.07) is 27.3. The van der Waals surface area contributed by atoms with E-state index in [0.29, 0.717) is 40.4 Å². The van der Waals surface area contributed by atoms with Crippen molar-refractivity contribution in [1.29, 1.82) is 0 Å². The first-order valence-electron chi connectivity index (χ1n) is 16.3. The van der Waals surface area contributed by atoms with Gasteiger partial charge < -0.3 is 45.7 Å². The maximum atomic E-state index is 12.0. The fraction of sp³-hybridized carbons (Fsp3) is 0.308. The molecule has 7 N–H and O–H groups in total. The highest BCUT2D eigenvalue weighted by molar-refractivity contribution is 5.85. The number of amides is 1. The minimum atomic E-state index is -1.21. The highest BCUT2D eigenvalue weighted by Crippen LogP contribution is 2.28. The number of aliphatic hydroxyl groups excluding tert-OH is 2. The first-order valence-corrected chi connectivity index (χ1v) is 16.3. The van der Waals surface area contributed by atoms with Gasteiger partial charge in [-0.2, -0.15) is 0 Å². The molecule has 0 unspecified atom stereocenters. The molecule has 0 saturated heterocycles. The first kappa shape index (κ1) is 43.0.